The molecule has 0 fully saturated rings. The average Bonchev–Trinajstić information content (AvgIpc) is 2.35. The molecular weight excluding hydrogens is 326 g/mol. The number of hydrogen-bond donors (Lipinski definition) is 1. The van der Waals surface area contributed by atoms with Gasteiger partial charge in [0, 0.05) is 11.8 Å². The maximum atomic E-state index is 13.4. The number of halogens is 3. The zero-order valence-corrected chi connectivity index (χ0v) is 12.3. The van der Waals surface area contributed by atoms with E-state index in [1.54, 1.807) is 6.07 Å². The Hall–Kier alpha value is -1.37. The molecule has 0 aliphatic rings. The molecule has 0 aliphatic heterocycles. The summed E-state index contributed by atoms with van der Waals surface area (Å²) in [5.74, 6) is -1.15. The van der Waals surface area contributed by atoms with E-state index in [0.29, 0.717) is 0 Å². The van der Waals surface area contributed by atoms with Crippen LogP contribution in [0.5, 0.6) is 0 Å². The van der Waals surface area contributed by atoms with E-state index < -0.39 is 21.6 Å². The second-order valence-electron chi connectivity index (χ2n) is 3.94. The number of benzene rings is 1. The minimum absolute atomic E-state index is 0.0487. The summed E-state index contributed by atoms with van der Waals surface area (Å²) in [7, 11) is -3.83. The first-order valence-electron chi connectivity index (χ1n) is 5.42. The highest BCUT2D eigenvalue weighted by Gasteiger charge is 2.16. The fraction of sp³-hybridized carbons (Fsp3) is 0.0833. The fourth-order valence-corrected chi connectivity index (χ4v) is 3.15. The van der Waals surface area contributed by atoms with Gasteiger partial charge >= 0.3 is 0 Å². The van der Waals surface area contributed by atoms with E-state index in [9.17, 15) is 12.8 Å². The van der Waals surface area contributed by atoms with Gasteiger partial charge in [0.25, 0.3) is 0 Å². The van der Waals surface area contributed by atoms with Crippen molar-refractivity contribution in [2.45, 2.75) is 5.75 Å². The lowest BCUT2D eigenvalue weighted by atomic mass is 10.2. The van der Waals surface area contributed by atoms with Crippen molar-refractivity contribution in [3.8, 4) is 0 Å². The molecule has 0 aliphatic carbocycles. The molecule has 1 heterocycles. The summed E-state index contributed by atoms with van der Waals surface area (Å²) in [4.78, 5) is 3.78. The van der Waals surface area contributed by atoms with E-state index in [-0.39, 0.29) is 21.4 Å². The Morgan fingerprint density at radius 1 is 1.25 bits per heavy atom. The van der Waals surface area contributed by atoms with Gasteiger partial charge in [-0.25, -0.2) is 17.8 Å². The Morgan fingerprint density at radius 2 is 1.95 bits per heavy atom. The van der Waals surface area contributed by atoms with Crippen molar-refractivity contribution in [2.75, 3.05) is 4.72 Å². The largest absolute Gasteiger partial charge is 0.266 e. The standard InChI is InChI=1S/C12H9Cl2FN2O2S/c13-9-5-10(14)12(16-6-9)17-20(18,19)7-8-3-1-2-4-11(8)15/h1-6H,7H2,(H,16,17). The maximum Gasteiger partial charge on any atom is 0.238 e. The highest BCUT2D eigenvalue weighted by molar-refractivity contribution is 7.91. The molecule has 0 atom stereocenters. The number of rotatable bonds is 4. The number of hydrogen-bond acceptors (Lipinski definition) is 3. The first-order chi connectivity index (χ1) is 9.37. The molecule has 1 N–H and O–H groups in total. The number of nitrogens with one attached hydrogen (secondary N) is 1. The third-order valence-electron chi connectivity index (χ3n) is 2.36. The van der Waals surface area contributed by atoms with Crippen molar-refractivity contribution in [2.24, 2.45) is 0 Å². The van der Waals surface area contributed by atoms with E-state index in [1.807, 2.05) is 0 Å². The van der Waals surface area contributed by atoms with Gasteiger partial charge in [-0.3, -0.25) is 4.72 Å². The van der Waals surface area contributed by atoms with Crippen LogP contribution in [0.4, 0.5) is 10.2 Å². The Labute approximate surface area is 125 Å². The quantitative estimate of drug-likeness (QED) is 0.931. The van der Waals surface area contributed by atoms with E-state index in [2.05, 4.69) is 9.71 Å². The summed E-state index contributed by atoms with van der Waals surface area (Å²) >= 11 is 11.5. The summed E-state index contributed by atoms with van der Waals surface area (Å²) in [6.45, 7) is 0. The van der Waals surface area contributed by atoms with Crippen molar-refractivity contribution >= 4 is 39.0 Å². The minimum Gasteiger partial charge on any atom is -0.266 e. The van der Waals surface area contributed by atoms with Gasteiger partial charge < -0.3 is 0 Å². The van der Waals surface area contributed by atoms with E-state index in [4.69, 9.17) is 23.2 Å². The Morgan fingerprint density at radius 3 is 2.60 bits per heavy atom. The normalized spacial score (nSPS) is 11.3. The lowest BCUT2D eigenvalue weighted by Crippen LogP contribution is -2.17. The maximum absolute atomic E-state index is 13.4. The molecule has 4 nitrogen and oxygen atoms in total. The average molecular weight is 335 g/mol. The molecule has 2 aromatic rings. The summed E-state index contributed by atoms with van der Waals surface area (Å²) in [6.07, 6.45) is 1.26. The number of aromatic nitrogens is 1. The lowest BCUT2D eigenvalue weighted by Gasteiger charge is -2.09. The molecule has 106 valence electrons. The van der Waals surface area contributed by atoms with Gasteiger partial charge in [0.05, 0.1) is 15.8 Å². The molecule has 0 spiro atoms. The van der Waals surface area contributed by atoms with Crippen LogP contribution < -0.4 is 4.72 Å². The Balaban J connectivity index is 2.22. The van der Waals surface area contributed by atoms with Gasteiger partial charge in [-0.15, -0.1) is 0 Å². The predicted molar refractivity (Wildman–Crippen MR) is 76.9 cm³/mol. The van der Waals surface area contributed by atoms with Crippen LogP contribution in [-0.4, -0.2) is 13.4 Å². The van der Waals surface area contributed by atoms with Crippen molar-refractivity contribution < 1.29 is 12.8 Å². The van der Waals surface area contributed by atoms with Crippen molar-refractivity contribution in [3.05, 3.63) is 58.0 Å². The van der Waals surface area contributed by atoms with E-state index in [1.165, 1.54) is 30.5 Å². The Bertz CT molecular complexity index is 738. The minimum atomic E-state index is -3.83. The van der Waals surface area contributed by atoms with Gasteiger partial charge in [-0.05, 0) is 12.1 Å². The number of sulfonamides is 1. The first-order valence-corrected chi connectivity index (χ1v) is 7.83. The second kappa shape index (κ2) is 5.95. The highest BCUT2D eigenvalue weighted by atomic mass is 35.5. The van der Waals surface area contributed by atoms with Gasteiger partial charge in [0.15, 0.2) is 5.82 Å². The number of anilines is 1. The van der Waals surface area contributed by atoms with Crippen LogP contribution in [-0.2, 0) is 15.8 Å². The number of pyridine rings is 1. The van der Waals surface area contributed by atoms with Gasteiger partial charge in [0.1, 0.15) is 5.82 Å². The smallest absolute Gasteiger partial charge is 0.238 e. The summed E-state index contributed by atoms with van der Waals surface area (Å²) < 4.78 is 39.5. The third-order valence-corrected chi connectivity index (χ3v) is 4.05. The molecule has 0 unspecified atom stereocenters. The van der Waals surface area contributed by atoms with Crippen LogP contribution in [0, 0.1) is 5.82 Å². The van der Waals surface area contributed by atoms with Gasteiger partial charge in [-0.1, -0.05) is 41.4 Å². The van der Waals surface area contributed by atoms with E-state index >= 15 is 0 Å². The van der Waals surface area contributed by atoms with Crippen LogP contribution >= 0.6 is 23.2 Å². The fourth-order valence-electron chi connectivity index (χ4n) is 1.49. The second-order valence-corrected chi connectivity index (χ2v) is 6.50. The molecule has 1 aromatic heterocycles. The molecule has 0 saturated carbocycles. The van der Waals surface area contributed by atoms with Crippen LogP contribution in [0.3, 0.4) is 0 Å². The summed E-state index contributed by atoms with van der Waals surface area (Å²) in [6, 6.07) is 6.98. The molecule has 2 rings (SSSR count). The first kappa shape index (κ1) is 15.0. The van der Waals surface area contributed by atoms with E-state index in [0.717, 1.165) is 0 Å². The summed E-state index contributed by atoms with van der Waals surface area (Å²) in [5.41, 5.74) is 0.0603. The molecular formula is C12H9Cl2FN2O2S. The van der Waals surface area contributed by atoms with Crippen molar-refractivity contribution in [3.63, 3.8) is 0 Å². The zero-order valence-electron chi connectivity index (χ0n) is 9.98. The predicted octanol–water partition coefficient (Wildman–Crippen LogP) is 3.47. The molecule has 0 bridgehead atoms. The number of nitrogens with zero attached hydrogens (tertiary/aromatic N) is 1. The SMILES string of the molecule is O=S(=O)(Cc1ccccc1F)Nc1ncc(Cl)cc1Cl. The van der Waals surface area contributed by atoms with Crippen molar-refractivity contribution in [1.82, 2.24) is 4.98 Å². The van der Waals surface area contributed by atoms with Crippen LogP contribution in [0.1, 0.15) is 5.56 Å². The third kappa shape index (κ3) is 3.82. The van der Waals surface area contributed by atoms with Crippen LogP contribution in [0.2, 0.25) is 10.0 Å². The Kier molecular flexibility index (Phi) is 4.47. The van der Waals surface area contributed by atoms with Gasteiger partial charge in [0.2, 0.25) is 10.0 Å². The summed E-state index contributed by atoms with van der Waals surface area (Å²) in [5, 5.41) is 0.349. The van der Waals surface area contributed by atoms with Crippen LogP contribution in [0.25, 0.3) is 0 Å². The molecule has 0 amide bonds. The molecule has 1 aromatic carbocycles. The molecule has 0 radical (unpaired) electrons. The highest BCUT2D eigenvalue weighted by Crippen LogP contribution is 2.24. The van der Waals surface area contributed by atoms with Crippen LogP contribution in [0.15, 0.2) is 36.5 Å². The zero-order chi connectivity index (χ0) is 14.8. The molecule has 8 heteroatoms. The lowest BCUT2D eigenvalue weighted by molar-refractivity contribution is 0.591. The topological polar surface area (TPSA) is 59.1 Å². The molecule has 0 saturated heterocycles. The monoisotopic (exact) mass is 334 g/mol. The van der Waals surface area contributed by atoms with Crippen molar-refractivity contribution in [1.29, 1.82) is 0 Å². The molecule has 20 heavy (non-hydrogen) atoms. The van der Waals surface area contributed by atoms with Gasteiger partial charge in [-0.2, -0.15) is 0 Å².